The van der Waals surface area contributed by atoms with Crippen LogP contribution in [0.3, 0.4) is 0 Å². The Balaban J connectivity index is 1.94. The molecule has 2 atom stereocenters. The van der Waals surface area contributed by atoms with E-state index in [9.17, 15) is 9.59 Å². The highest BCUT2D eigenvalue weighted by molar-refractivity contribution is 7.10. The highest BCUT2D eigenvalue weighted by atomic mass is 32.1. The number of thiophene rings is 2. The number of hydrogen-bond acceptors (Lipinski definition) is 5. The van der Waals surface area contributed by atoms with Crippen LogP contribution in [0.5, 0.6) is 0 Å². The van der Waals surface area contributed by atoms with Crippen LogP contribution in [-0.2, 0) is 9.59 Å². The molecule has 0 aromatic carbocycles. The van der Waals surface area contributed by atoms with Crippen molar-refractivity contribution in [1.82, 2.24) is 15.5 Å². The van der Waals surface area contributed by atoms with E-state index in [1.807, 2.05) is 43.1 Å². The van der Waals surface area contributed by atoms with Gasteiger partial charge in [-0.1, -0.05) is 12.1 Å². The molecule has 0 unspecified atom stereocenters. The van der Waals surface area contributed by atoms with Gasteiger partial charge >= 0.3 is 0 Å². The fraction of sp³-hybridized carbons (Fsp3) is 0.412. The highest BCUT2D eigenvalue weighted by Gasteiger charge is 2.20. The van der Waals surface area contributed by atoms with Gasteiger partial charge in [-0.2, -0.15) is 0 Å². The Hall–Kier alpha value is -1.70. The fourth-order valence-corrected chi connectivity index (χ4v) is 4.14. The molecule has 0 aliphatic rings. The topological polar surface area (TPSA) is 61.4 Å². The van der Waals surface area contributed by atoms with Crippen LogP contribution >= 0.6 is 22.7 Å². The lowest BCUT2D eigenvalue weighted by molar-refractivity contribution is -0.122. The molecular weight excluding hydrogens is 342 g/mol. The lowest BCUT2D eigenvalue weighted by Gasteiger charge is -2.24. The van der Waals surface area contributed by atoms with Crippen LogP contribution in [0.1, 0.15) is 35.2 Å². The summed E-state index contributed by atoms with van der Waals surface area (Å²) in [6.07, 6.45) is 0.241. The Bertz CT molecular complexity index is 639. The Morgan fingerprint density at radius 1 is 1.12 bits per heavy atom. The molecule has 24 heavy (non-hydrogen) atoms. The van der Waals surface area contributed by atoms with Gasteiger partial charge in [0.2, 0.25) is 11.8 Å². The first-order chi connectivity index (χ1) is 11.5. The second-order valence-corrected chi connectivity index (χ2v) is 7.73. The van der Waals surface area contributed by atoms with E-state index in [0.717, 1.165) is 4.88 Å². The van der Waals surface area contributed by atoms with Gasteiger partial charge in [0.05, 0.1) is 18.5 Å². The maximum Gasteiger partial charge on any atom is 0.222 e. The summed E-state index contributed by atoms with van der Waals surface area (Å²) in [5.74, 6) is -0.198. The summed E-state index contributed by atoms with van der Waals surface area (Å²) in [5.41, 5.74) is 0. The minimum Gasteiger partial charge on any atom is -0.354 e. The Kier molecular flexibility index (Phi) is 6.96. The number of hydrogen-bond donors (Lipinski definition) is 2. The van der Waals surface area contributed by atoms with E-state index in [1.54, 1.807) is 22.7 Å². The van der Waals surface area contributed by atoms with Gasteiger partial charge in [0, 0.05) is 23.2 Å². The molecule has 0 spiro atoms. The van der Waals surface area contributed by atoms with E-state index in [4.69, 9.17) is 0 Å². The molecule has 0 bridgehead atoms. The fourth-order valence-electron chi connectivity index (χ4n) is 2.44. The average molecular weight is 366 g/mol. The zero-order chi connectivity index (χ0) is 17.5. The third-order valence-electron chi connectivity index (χ3n) is 3.64. The van der Waals surface area contributed by atoms with E-state index < -0.39 is 0 Å². The van der Waals surface area contributed by atoms with Gasteiger partial charge in [-0.15, -0.1) is 22.7 Å². The third kappa shape index (κ3) is 5.43. The molecule has 5 nitrogen and oxygen atoms in total. The van der Waals surface area contributed by atoms with Crippen molar-refractivity contribution in [3.05, 3.63) is 44.8 Å². The number of carbonyl (C=O) groups is 2. The van der Waals surface area contributed by atoms with Crippen LogP contribution < -0.4 is 10.6 Å². The molecule has 2 amide bonds. The quantitative estimate of drug-likeness (QED) is 0.756. The zero-order valence-electron chi connectivity index (χ0n) is 14.1. The molecule has 2 aromatic rings. The number of likely N-dealkylation sites (N-methyl/N-ethyl adjacent to an activating group) is 1. The second-order valence-electron chi connectivity index (χ2n) is 5.77. The van der Waals surface area contributed by atoms with Crippen LogP contribution in [-0.4, -0.2) is 37.4 Å². The first kappa shape index (κ1) is 18.6. The first-order valence-corrected chi connectivity index (χ1v) is 9.50. The van der Waals surface area contributed by atoms with Crippen LogP contribution in [0.15, 0.2) is 35.0 Å². The average Bonchev–Trinajstić information content (AvgIpc) is 3.19. The number of amides is 2. The Morgan fingerprint density at radius 3 is 2.25 bits per heavy atom. The van der Waals surface area contributed by atoms with Crippen molar-refractivity contribution in [1.29, 1.82) is 0 Å². The lowest BCUT2D eigenvalue weighted by atomic mass is 10.1. The van der Waals surface area contributed by atoms with E-state index in [1.165, 1.54) is 11.8 Å². The molecule has 2 N–H and O–H groups in total. The molecule has 0 saturated carbocycles. The molecule has 0 saturated heterocycles. The predicted molar refractivity (Wildman–Crippen MR) is 99.3 cm³/mol. The van der Waals surface area contributed by atoms with E-state index in [2.05, 4.69) is 21.6 Å². The van der Waals surface area contributed by atoms with E-state index in [0.29, 0.717) is 6.54 Å². The molecule has 0 radical (unpaired) electrons. The maximum absolute atomic E-state index is 12.4. The van der Waals surface area contributed by atoms with Crippen molar-refractivity contribution in [2.45, 2.75) is 25.4 Å². The Morgan fingerprint density at radius 2 is 1.75 bits per heavy atom. The van der Waals surface area contributed by atoms with E-state index >= 15 is 0 Å². The molecule has 2 rings (SSSR count). The number of nitrogens with zero attached hydrogens (tertiary/aromatic N) is 1. The predicted octanol–water partition coefficient (Wildman–Crippen LogP) is 2.80. The van der Waals surface area contributed by atoms with Crippen LogP contribution in [0, 0.1) is 0 Å². The lowest BCUT2D eigenvalue weighted by Crippen LogP contribution is -2.36. The molecule has 0 aliphatic carbocycles. The first-order valence-electron chi connectivity index (χ1n) is 7.74. The van der Waals surface area contributed by atoms with Crippen molar-refractivity contribution in [2.75, 3.05) is 20.6 Å². The van der Waals surface area contributed by atoms with Gasteiger partial charge in [0.1, 0.15) is 0 Å². The monoisotopic (exact) mass is 365 g/mol. The third-order valence-corrected chi connectivity index (χ3v) is 5.60. The summed E-state index contributed by atoms with van der Waals surface area (Å²) in [6, 6.07) is 7.82. The normalized spacial score (nSPS) is 13.5. The van der Waals surface area contributed by atoms with Crippen molar-refractivity contribution < 1.29 is 9.59 Å². The largest absolute Gasteiger partial charge is 0.354 e. The van der Waals surface area contributed by atoms with Gasteiger partial charge in [0.25, 0.3) is 0 Å². The number of nitrogens with one attached hydrogen (secondary N) is 2. The smallest absolute Gasteiger partial charge is 0.222 e. The zero-order valence-corrected chi connectivity index (χ0v) is 15.7. The summed E-state index contributed by atoms with van der Waals surface area (Å²) in [7, 11) is 4.00. The van der Waals surface area contributed by atoms with Gasteiger partial charge in [-0.25, -0.2) is 0 Å². The number of rotatable bonds is 8. The second kappa shape index (κ2) is 8.96. The van der Waals surface area contributed by atoms with Gasteiger partial charge in [-0.3, -0.25) is 9.59 Å². The van der Waals surface area contributed by atoms with E-state index in [-0.39, 0.29) is 30.3 Å². The minimum absolute atomic E-state index is 0.0643. The molecule has 0 aliphatic heterocycles. The van der Waals surface area contributed by atoms with Crippen molar-refractivity contribution >= 4 is 34.5 Å². The maximum atomic E-state index is 12.4. The van der Waals surface area contributed by atoms with Crippen molar-refractivity contribution in [3.63, 3.8) is 0 Å². The molecule has 7 heteroatoms. The molecule has 0 fully saturated rings. The highest BCUT2D eigenvalue weighted by Crippen LogP contribution is 2.24. The van der Waals surface area contributed by atoms with Crippen molar-refractivity contribution in [3.8, 4) is 0 Å². The van der Waals surface area contributed by atoms with Crippen molar-refractivity contribution in [2.24, 2.45) is 0 Å². The van der Waals surface area contributed by atoms with Gasteiger partial charge < -0.3 is 15.5 Å². The number of carbonyl (C=O) groups excluding carboxylic acids is 2. The summed E-state index contributed by atoms with van der Waals surface area (Å²) in [4.78, 5) is 28.1. The van der Waals surface area contributed by atoms with Crippen LogP contribution in [0.2, 0.25) is 0 Å². The minimum atomic E-state index is -0.276. The van der Waals surface area contributed by atoms with Gasteiger partial charge in [0.15, 0.2) is 0 Å². The summed E-state index contributed by atoms with van der Waals surface area (Å²) in [6.45, 7) is 2.01. The van der Waals surface area contributed by atoms with Crippen LogP contribution in [0.25, 0.3) is 0 Å². The van der Waals surface area contributed by atoms with Crippen LogP contribution in [0.4, 0.5) is 0 Å². The Labute approximate surface area is 150 Å². The standard InChI is InChI=1S/C17H23N3O2S2/c1-12(21)19-13(15-6-4-8-23-15)10-17(22)18-11-14(20(2)3)16-7-5-9-24-16/h4-9,13-14H,10-11H2,1-3H3,(H,18,22)(H,19,21)/t13-,14-/m0/s1. The molecule has 130 valence electrons. The summed E-state index contributed by atoms with van der Waals surface area (Å²) in [5, 5.41) is 9.84. The van der Waals surface area contributed by atoms with Gasteiger partial charge in [-0.05, 0) is 37.0 Å². The SMILES string of the molecule is CC(=O)N[C@@H](CC(=O)NC[C@@H](c1cccs1)N(C)C)c1cccs1. The molecule has 2 heterocycles. The molecule has 2 aromatic heterocycles. The summed E-state index contributed by atoms with van der Waals surface area (Å²) < 4.78 is 0. The summed E-state index contributed by atoms with van der Waals surface area (Å²) >= 11 is 3.22. The molecular formula is C17H23N3O2S2.